The smallest absolute Gasteiger partial charge is 0.255 e. The lowest BCUT2D eigenvalue weighted by Crippen LogP contribution is -2.36. The molecule has 1 saturated heterocycles. The molecule has 9 heteroatoms. The van der Waals surface area contributed by atoms with Crippen LogP contribution < -0.4 is 20.7 Å². The van der Waals surface area contributed by atoms with Crippen molar-refractivity contribution in [3.8, 4) is 11.1 Å². The molecule has 0 bridgehead atoms. The number of carbonyl (C=O) groups excluding carboxylic acids is 1. The monoisotopic (exact) mass is 468 g/mol. The summed E-state index contributed by atoms with van der Waals surface area (Å²) in [7, 11) is -3.24. The summed E-state index contributed by atoms with van der Waals surface area (Å²) in [5, 5.41) is 2.84. The van der Waals surface area contributed by atoms with Gasteiger partial charge in [-0.3, -0.25) is 4.79 Å². The maximum absolute atomic E-state index is 13.2. The number of nitrogen functional groups attached to an aromatic ring is 1. The van der Waals surface area contributed by atoms with Gasteiger partial charge in [0.2, 0.25) is 10.0 Å². The second-order valence-corrected chi connectivity index (χ2v) is 9.91. The molecule has 0 aliphatic carbocycles. The Balaban J connectivity index is 1.44. The molecule has 0 aromatic heterocycles. The van der Waals surface area contributed by atoms with Crippen LogP contribution in [0.25, 0.3) is 11.1 Å². The van der Waals surface area contributed by atoms with Gasteiger partial charge in [0.15, 0.2) is 0 Å². The van der Waals surface area contributed by atoms with E-state index < -0.39 is 10.0 Å². The molecule has 7 nitrogen and oxygen atoms in total. The van der Waals surface area contributed by atoms with Gasteiger partial charge in [-0.1, -0.05) is 18.2 Å². The molecular weight excluding hydrogens is 443 g/mol. The molecule has 1 aliphatic heterocycles. The van der Waals surface area contributed by atoms with Gasteiger partial charge in [-0.2, -0.15) is 0 Å². The Morgan fingerprint density at radius 1 is 1.03 bits per heavy atom. The van der Waals surface area contributed by atoms with Gasteiger partial charge in [-0.25, -0.2) is 17.5 Å². The maximum Gasteiger partial charge on any atom is 0.255 e. The van der Waals surface area contributed by atoms with Crippen molar-refractivity contribution in [3.05, 3.63) is 78.1 Å². The van der Waals surface area contributed by atoms with Crippen LogP contribution in [0.3, 0.4) is 0 Å². The minimum absolute atomic E-state index is 0.126. The van der Waals surface area contributed by atoms with E-state index >= 15 is 0 Å². The molecule has 1 heterocycles. The number of rotatable bonds is 6. The molecule has 1 aliphatic rings. The van der Waals surface area contributed by atoms with Crippen molar-refractivity contribution in [1.29, 1.82) is 0 Å². The first-order chi connectivity index (χ1) is 15.7. The summed E-state index contributed by atoms with van der Waals surface area (Å²) < 4.78 is 38.7. The van der Waals surface area contributed by atoms with Crippen LogP contribution in [0.2, 0.25) is 0 Å². The number of hydrogen-bond donors (Lipinski definition) is 3. The zero-order valence-electron chi connectivity index (χ0n) is 18.1. The number of carbonyl (C=O) groups is 1. The number of hydrogen-bond acceptors (Lipinski definition) is 5. The molecule has 33 heavy (non-hydrogen) atoms. The van der Waals surface area contributed by atoms with Crippen LogP contribution in [0.1, 0.15) is 16.8 Å². The predicted molar refractivity (Wildman–Crippen MR) is 129 cm³/mol. The topological polar surface area (TPSA) is 105 Å². The van der Waals surface area contributed by atoms with E-state index in [-0.39, 0.29) is 17.8 Å². The van der Waals surface area contributed by atoms with Crippen LogP contribution in [-0.2, 0) is 10.0 Å². The Morgan fingerprint density at radius 2 is 1.70 bits per heavy atom. The Labute approximate surface area is 192 Å². The van der Waals surface area contributed by atoms with Crippen LogP contribution in [0.4, 0.5) is 21.5 Å². The van der Waals surface area contributed by atoms with Crippen molar-refractivity contribution in [1.82, 2.24) is 4.72 Å². The van der Waals surface area contributed by atoms with Crippen molar-refractivity contribution < 1.29 is 17.6 Å². The number of amides is 1. The molecule has 1 unspecified atom stereocenters. The normalized spacial score (nSPS) is 16.1. The van der Waals surface area contributed by atoms with E-state index in [1.165, 1.54) is 12.1 Å². The fourth-order valence-corrected chi connectivity index (χ4v) is 4.70. The van der Waals surface area contributed by atoms with Crippen LogP contribution in [0, 0.1) is 5.82 Å². The number of nitrogens with two attached hydrogens (primary N) is 1. The Kier molecular flexibility index (Phi) is 6.35. The number of sulfonamides is 1. The average molecular weight is 469 g/mol. The summed E-state index contributed by atoms with van der Waals surface area (Å²) in [5.41, 5.74) is 9.95. The molecule has 0 spiro atoms. The standard InChI is InChI=1S/C24H25FN4O3S/c1-33(31,32)28-20-12-13-29(15-20)21-9-4-17(5-10-21)24(30)27-23-14-18(6-11-22(23)26)16-2-7-19(25)8-3-16/h2-11,14,20,28H,12-13,15,26H2,1H3,(H,27,30). The molecule has 1 atom stereocenters. The number of halogens is 1. The van der Waals surface area contributed by atoms with Gasteiger partial charge in [0.25, 0.3) is 5.91 Å². The molecule has 3 aromatic carbocycles. The van der Waals surface area contributed by atoms with Crippen LogP contribution in [-0.4, -0.2) is 39.7 Å². The third-order valence-electron chi connectivity index (χ3n) is 5.54. The Morgan fingerprint density at radius 3 is 2.36 bits per heavy atom. The van der Waals surface area contributed by atoms with Crippen molar-refractivity contribution in [3.63, 3.8) is 0 Å². The van der Waals surface area contributed by atoms with E-state index in [2.05, 4.69) is 14.9 Å². The van der Waals surface area contributed by atoms with Gasteiger partial charge in [0, 0.05) is 30.4 Å². The minimum atomic E-state index is -3.24. The number of anilines is 3. The molecule has 0 saturated carbocycles. The fourth-order valence-electron chi connectivity index (χ4n) is 3.90. The highest BCUT2D eigenvalue weighted by atomic mass is 32.2. The summed E-state index contributed by atoms with van der Waals surface area (Å²) in [4.78, 5) is 14.9. The van der Waals surface area contributed by atoms with E-state index in [0.29, 0.717) is 23.5 Å². The van der Waals surface area contributed by atoms with Gasteiger partial charge < -0.3 is 16.0 Å². The highest BCUT2D eigenvalue weighted by Crippen LogP contribution is 2.28. The van der Waals surface area contributed by atoms with Crippen LogP contribution in [0.5, 0.6) is 0 Å². The molecule has 4 N–H and O–H groups in total. The SMILES string of the molecule is CS(=O)(=O)NC1CCN(c2ccc(C(=O)Nc3cc(-c4ccc(F)cc4)ccc3N)cc2)C1. The maximum atomic E-state index is 13.2. The molecule has 4 rings (SSSR count). The predicted octanol–water partition coefficient (Wildman–Crippen LogP) is 3.46. The number of nitrogens with zero attached hydrogens (tertiary/aromatic N) is 1. The van der Waals surface area contributed by atoms with E-state index in [0.717, 1.165) is 36.0 Å². The highest BCUT2D eigenvalue weighted by Gasteiger charge is 2.25. The lowest BCUT2D eigenvalue weighted by Gasteiger charge is -2.19. The van der Waals surface area contributed by atoms with E-state index in [9.17, 15) is 17.6 Å². The van der Waals surface area contributed by atoms with Gasteiger partial charge in [0.05, 0.1) is 17.6 Å². The van der Waals surface area contributed by atoms with Crippen molar-refractivity contribution in [2.45, 2.75) is 12.5 Å². The van der Waals surface area contributed by atoms with Crippen molar-refractivity contribution in [2.24, 2.45) is 0 Å². The Bertz CT molecular complexity index is 1260. The highest BCUT2D eigenvalue weighted by molar-refractivity contribution is 7.88. The molecule has 1 fully saturated rings. The second-order valence-electron chi connectivity index (χ2n) is 8.13. The summed E-state index contributed by atoms with van der Waals surface area (Å²) in [6, 6.07) is 18.4. The molecular formula is C24H25FN4O3S. The Hall–Kier alpha value is -3.43. The third kappa shape index (κ3) is 5.68. The van der Waals surface area contributed by atoms with Gasteiger partial charge in [-0.05, 0) is 66.1 Å². The average Bonchev–Trinajstić information content (AvgIpc) is 3.22. The van der Waals surface area contributed by atoms with Crippen molar-refractivity contribution in [2.75, 3.05) is 35.3 Å². The van der Waals surface area contributed by atoms with Gasteiger partial charge in [-0.15, -0.1) is 0 Å². The van der Waals surface area contributed by atoms with Gasteiger partial charge >= 0.3 is 0 Å². The van der Waals surface area contributed by atoms with Gasteiger partial charge in [0.1, 0.15) is 5.82 Å². The lowest BCUT2D eigenvalue weighted by atomic mass is 10.0. The largest absolute Gasteiger partial charge is 0.397 e. The zero-order chi connectivity index (χ0) is 23.6. The fraction of sp³-hybridized carbons (Fsp3) is 0.208. The number of nitrogens with one attached hydrogen (secondary N) is 2. The second kappa shape index (κ2) is 9.21. The minimum Gasteiger partial charge on any atom is -0.397 e. The lowest BCUT2D eigenvalue weighted by molar-refractivity contribution is 0.102. The molecule has 1 amide bonds. The van der Waals surface area contributed by atoms with E-state index in [1.54, 1.807) is 36.4 Å². The first-order valence-electron chi connectivity index (χ1n) is 10.5. The molecule has 172 valence electrons. The number of benzene rings is 3. The first kappa shape index (κ1) is 22.8. The van der Waals surface area contributed by atoms with E-state index in [4.69, 9.17) is 5.73 Å². The third-order valence-corrected chi connectivity index (χ3v) is 6.30. The quantitative estimate of drug-likeness (QED) is 0.481. The molecule has 3 aromatic rings. The summed E-state index contributed by atoms with van der Waals surface area (Å²) >= 11 is 0. The van der Waals surface area contributed by atoms with Crippen LogP contribution in [0.15, 0.2) is 66.7 Å². The summed E-state index contributed by atoms with van der Waals surface area (Å²) in [6.45, 7) is 1.30. The summed E-state index contributed by atoms with van der Waals surface area (Å²) in [6.07, 6.45) is 1.88. The zero-order valence-corrected chi connectivity index (χ0v) is 18.9. The summed E-state index contributed by atoms with van der Waals surface area (Å²) in [5.74, 6) is -0.621. The van der Waals surface area contributed by atoms with Crippen LogP contribution >= 0.6 is 0 Å². The van der Waals surface area contributed by atoms with Crippen molar-refractivity contribution >= 4 is 33.0 Å². The van der Waals surface area contributed by atoms with E-state index in [1.807, 2.05) is 18.2 Å². The molecule has 0 radical (unpaired) electrons. The first-order valence-corrected chi connectivity index (χ1v) is 12.4.